The Morgan fingerprint density at radius 2 is 2.30 bits per heavy atom. The fourth-order valence-electron chi connectivity index (χ4n) is 3.02. The molecule has 1 fully saturated rings. The van der Waals surface area contributed by atoms with Gasteiger partial charge in [-0.2, -0.15) is 0 Å². The summed E-state index contributed by atoms with van der Waals surface area (Å²) in [5.74, 6) is -0.422. The van der Waals surface area contributed by atoms with Crippen LogP contribution in [-0.4, -0.2) is 42.4 Å². The summed E-state index contributed by atoms with van der Waals surface area (Å²) in [6.07, 6.45) is 2.03. The van der Waals surface area contributed by atoms with E-state index in [2.05, 4.69) is 4.90 Å². The number of phenols is 1. The van der Waals surface area contributed by atoms with Gasteiger partial charge < -0.3 is 15.6 Å². The van der Waals surface area contributed by atoms with E-state index in [9.17, 15) is 9.50 Å². The summed E-state index contributed by atoms with van der Waals surface area (Å²) in [6, 6.07) is 4.45. The highest BCUT2D eigenvalue weighted by Crippen LogP contribution is 2.31. The Hall–Kier alpha value is -1.17. The number of benzene rings is 1. The van der Waals surface area contributed by atoms with Crippen LogP contribution in [0.4, 0.5) is 4.39 Å². The number of rotatable bonds is 4. The molecule has 1 saturated heterocycles. The zero-order chi connectivity index (χ0) is 14.7. The Bertz CT molecular complexity index is 455. The molecule has 0 bridgehead atoms. The molecule has 3 atom stereocenters. The molecule has 1 aromatic carbocycles. The fraction of sp³-hybridized carbons (Fsp3) is 0.600. The van der Waals surface area contributed by atoms with Crippen LogP contribution in [0.2, 0.25) is 0 Å². The first kappa shape index (κ1) is 15.2. The maximum atomic E-state index is 14.0. The first-order valence-corrected chi connectivity index (χ1v) is 7.03. The first-order valence-electron chi connectivity index (χ1n) is 7.03. The number of nitrogens with two attached hydrogens (primary N) is 1. The summed E-state index contributed by atoms with van der Waals surface area (Å²) < 4.78 is 19.4. The minimum absolute atomic E-state index is 0.0492. The second-order valence-electron chi connectivity index (χ2n) is 5.39. The lowest BCUT2D eigenvalue weighted by Gasteiger charge is -2.42. The van der Waals surface area contributed by atoms with Crippen molar-refractivity contribution in [2.75, 3.05) is 20.2 Å². The standard InChI is InChI=1S/C15H23FN2O2/c1-10(14-4-3-12(19)8-15(14)16)18-6-5-13(20-2)7-11(18)9-17/h3-4,8,10-11,13,19H,5-7,9,17H2,1-2H3. The molecule has 3 unspecified atom stereocenters. The molecule has 20 heavy (non-hydrogen) atoms. The molecule has 1 aromatic rings. The molecule has 0 saturated carbocycles. The highest BCUT2D eigenvalue weighted by Gasteiger charge is 2.31. The van der Waals surface area contributed by atoms with Crippen LogP contribution in [0.5, 0.6) is 5.75 Å². The Morgan fingerprint density at radius 3 is 2.90 bits per heavy atom. The summed E-state index contributed by atoms with van der Waals surface area (Å²) in [4.78, 5) is 2.23. The zero-order valence-electron chi connectivity index (χ0n) is 12.1. The van der Waals surface area contributed by atoms with Crippen molar-refractivity contribution < 1.29 is 14.2 Å². The largest absolute Gasteiger partial charge is 0.508 e. The van der Waals surface area contributed by atoms with Crippen LogP contribution in [0.25, 0.3) is 0 Å². The molecular weight excluding hydrogens is 259 g/mol. The molecule has 5 heteroatoms. The molecule has 0 radical (unpaired) electrons. The molecule has 0 amide bonds. The van der Waals surface area contributed by atoms with Gasteiger partial charge in [0.15, 0.2) is 0 Å². The van der Waals surface area contributed by atoms with E-state index < -0.39 is 0 Å². The minimum Gasteiger partial charge on any atom is -0.508 e. The molecule has 1 heterocycles. The molecule has 3 N–H and O–H groups in total. The number of hydrogen-bond donors (Lipinski definition) is 2. The average molecular weight is 282 g/mol. The SMILES string of the molecule is COC1CCN(C(C)c2ccc(O)cc2F)C(CN)C1. The summed E-state index contributed by atoms with van der Waals surface area (Å²) in [5.41, 5.74) is 6.45. The molecule has 1 aliphatic rings. The number of piperidine rings is 1. The lowest BCUT2D eigenvalue weighted by molar-refractivity contribution is -0.00215. The third-order valence-electron chi connectivity index (χ3n) is 4.25. The van der Waals surface area contributed by atoms with Gasteiger partial charge in [0.25, 0.3) is 0 Å². The molecule has 2 rings (SSSR count). The van der Waals surface area contributed by atoms with E-state index in [1.807, 2.05) is 6.92 Å². The molecule has 1 aliphatic heterocycles. The van der Waals surface area contributed by atoms with Crippen LogP contribution in [0, 0.1) is 5.82 Å². The van der Waals surface area contributed by atoms with Crippen LogP contribution < -0.4 is 5.73 Å². The van der Waals surface area contributed by atoms with Crippen LogP contribution in [-0.2, 0) is 4.74 Å². The quantitative estimate of drug-likeness (QED) is 0.887. The monoisotopic (exact) mass is 282 g/mol. The topological polar surface area (TPSA) is 58.7 Å². The van der Waals surface area contributed by atoms with Crippen LogP contribution >= 0.6 is 0 Å². The van der Waals surface area contributed by atoms with Crippen molar-refractivity contribution in [3.8, 4) is 5.75 Å². The van der Waals surface area contributed by atoms with Gasteiger partial charge in [-0.3, -0.25) is 4.90 Å². The van der Waals surface area contributed by atoms with Gasteiger partial charge in [-0.25, -0.2) is 4.39 Å². The third kappa shape index (κ3) is 3.11. The van der Waals surface area contributed by atoms with Gasteiger partial charge in [-0.15, -0.1) is 0 Å². The van der Waals surface area contributed by atoms with Gasteiger partial charge in [0.1, 0.15) is 11.6 Å². The van der Waals surface area contributed by atoms with E-state index in [0.29, 0.717) is 12.1 Å². The van der Waals surface area contributed by atoms with Crippen LogP contribution in [0.15, 0.2) is 18.2 Å². The third-order valence-corrected chi connectivity index (χ3v) is 4.25. The first-order chi connectivity index (χ1) is 9.56. The smallest absolute Gasteiger partial charge is 0.131 e. The summed E-state index contributed by atoms with van der Waals surface area (Å²) >= 11 is 0. The minimum atomic E-state index is -0.373. The number of nitrogens with zero attached hydrogens (tertiary/aromatic N) is 1. The second-order valence-corrected chi connectivity index (χ2v) is 5.39. The number of ether oxygens (including phenoxy) is 1. The summed E-state index contributed by atoms with van der Waals surface area (Å²) in [6.45, 7) is 3.34. The highest BCUT2D eigenvalue weighted by atomic mass is 19.1. The molecular formula is C15H23FN2O2. The number of phenolic OH excluding ortho intramolecular Hbond substituents is 1. The van der Waals surface area contributed by atoms with Crippen molar-refractivity contribution in [2.45, 2.75) is 38.0 Å². The van der Waals surface area contributed by atoms with Crippen molar-refractivity contribution in [2.24, 2.45) is 5.73 Å². The zero-order valence-corrected chi connectivity index (χ0v) is 12.1. The van der Waals surface area contributed by atoms with Crippen molar-refractivity contribution in [3.63, 3.8) is 0 Å². The normalized spacial score (nSPS) is 25.6. The number of hydrogen-bond acceptors (Lipinski definition) is 4. The Kier molecular flexibility index (Phi) is 4.96. The van der Waals surface area contributed by atoms with Crippen LogP contribution in [0.1, 0.15) is 31.4 Å². The number of methoxy groups -OCH3 is 1. The number of halogens is 1. The second kappa shape index (κ2) is 6.52. The Morgan fingerprint density at radius 1 is 1.55 bits per heavy atom. The van der Waals surface area contributed by atoms with E-state index in [-0.39, 0.29) is 29.8 Å². The molecule has 0 aromatic heterocycles. The Labute approximate surface area is 119 Å². The average Bonchev–Trinajstić information content (AvgIpc) is 2.46. The molecule has 4 nitrogen and oxygen atoms in total. The predicted octanol–water partition coefficient (Wildman–Crippen LogP) is 2.03. The van der Waals surface area contributed by atoms with Crippen molar-refractivity contribution in [1.29, 1.82) is 0 Å². The predicted molar refractivity (Wildman–Crippen MR) is 76.1 cm³/mol. The fourth-order valence-corrected chi connectivity index (χ4v) is 3.02. The van der Waals surface area contributed by atoms with Crippen molar-refractivity contribution in [1.82, 2.24) is 4.90 Å². The van der Waals surface area contributed by atoms with E-state index in [0.717, 1.165) is 25.5 Å². The lowest BCUT2D eigenvalue weighted by Crippen LogP contribution is -2.49. The van der Waals surface area contributed by atoms with Gasteiger partial charge in [-0.1, -0.05) is 6.07 Å². The molecule has 0 spiro atoms. The van der Waals surface area contributed by atoms with Gasteiger partial charge in [-0.05, 0) is 25.8 Å². The molecule has 112 valence electrons. The summed E-state index contributed by atoms with van der Waals surface area (Å²) in [5, 5.41) is 9.30. The highest BCUT2D eigenvalue weighted by molar-refractivity contribution is 5.29. The summed E-state index contributed by atoms with van der Waals surface area (Å²) in [7, 11) is 1.72. The van der Waals surface area contributed by atoms with E-state index in [1.165, 1.54) is 6.07 Å². The number of likely N-dealkylation sites (tertiary alicyclic amines) is 1. The van der Waals surface area contributed by atoms with Crippen molar-refractivity contribution in [3.05, 3.63) is 29.6 Å². The van der Waals surface area contributed by atoms with Crippen LogP contribution in [0.3, 0.4) is 0 Å². The molecule has 0 aliphatic carbocycles. The lowest BCUT2D eigenvalue weighted by atomic mass is 9.95. The van der Waals surface area contributed by atoms with Gasteiger partial charge in [0.2, 0.25) is 0 Å². The van der Waals surface area contributed by atoms with E-state index in [1.54, 1.807) is 13.2 Å². The van der Waals surface area contributed by atoms with E-state index >= 15 is 0 Å². The van der Waals surface area contributed by atoms with Gasteiger partial charge in [0.05, 0.1) is 6.10 Å². The van der Waals surface area contributed by atoms with Gasteiger partial charge >= 0.3 is 0 Å². The maximum Gasteiger partial charge on any atom is 0.131 e. The number of aromatic hydroxyl groups is 1. The van der Waals surface area contributed by atoms with Gasteiger partial charge in [0, 0.05) is 43.9 Å². The van der Waals surface area contributed by atoms with E-state index in [4.69, 9.17) is 10.5 Å². The Balaban J connectivity index is 2.17. The van der Waals surface area contributed by atoms with Crippen molar-refractivity contribution >= 4 is 0 Å². The maximum absolute atomic E-state index is 14.0.